The van der Waals surface area contributed by atoms with Gasteiger partial charge in [0.25, 0.3) is 0 Å². The fraction of sp³-hybridized carbons (Fsp3) is 0.273. The normalized spacial score (nSPS) is 11.0. The van der Waals surface area contributed by atoms with Crippen LogP contribution in [-0.4, -0.2) is 11.1 Å². The summed E-state index contributed by atoms with van der Waals surface area (Å²) < 4.78 is 2.15. The van der Waals surface area contributed by atoms with Crippen LogP contribution in [0.2, 0.25) is 0 Å². The van der Waals surface area contributed by atoms with Gasteiger partial charge in [0, 0.05) is 23.8 Å². The van der Waals surface area contributed by atoms with E-state index in [9.17, 15) is 0 Å². The molecule has 0 spiro atoms. The van der Waals surface area contributed by atoms with E-state index in [1.165, 1.54) is 11.2 Å². The van der Waals surface area contributed by atoms with Crippen LogP contribution in [0, 0.1) is 0 Å². The molecule has 2 aromatic rings. The van der Waals surface area contributed by atoms with Gasteiger partial charge in [0.05, 0.1) is 5.52 Å². The smallest absolute Gasteiger partial charge is 0.0500 e. The first-order valence-electron chi connectivity index (χ1n) is 4.77. The highest BCUT2D eigenvalue weighted by atomic mass is 14.9. The largest absolute Gasteiger partial charge is 0.398 e. The second-order valence-corrected chi connectivity index (χ2v) is 3.51. The third-order valence-corrected chi connectivity index (χ3v) is 2.62. The molecule has 0 aliphatic heterocycles. The number of anilines is 1. The number of rotatable bonds is 2. The Labute approximate surface area is 83.3 Å². The van der Waals surface area contributed by atoms with E-state index in [0.29, 0.717) is 6.54 Å². The van der Waals surface area contributed by atoms with Gasteiger partial charge < -0.3 is 16.0 Å². The van der Waals surface area contributed by atoms with Crippen molar-refractivity contribution in [1.82, 2.24) is 4.57 Å². The Morgan fingerprint density at radius 1 is 1.36 bits per heavy atom. The molecule has 0 atom stereocenters. The van der Waals surface area contributed by atoms with E-state index in [0.717, 1.165) is 17.5 Å². The van der Waals surface area contributed by atoms with Crippen molar-refractivity contribution >= 4 is 16.6 Å². The number of aromatic nitrogens is 1. The maximum atomic E-state index is 5.89. The molecule has 3 nitrogen and oxygen atoms in total. The standard InChI is InChI=1S/C11H15N3/c1-14-8(5-6-12)7-9-10(13)3-2-4-11(9)14/h2-4,7H,5-6,12-13H2,1H3. The van der Waals surface area contributed by atoms with Crippen LogP contribution in [-0.2, 0) is 13.5 Å². The van der Waals surface area contributed by atoms with Gasteiger partial charge in [-0.15, -0.1) is 0 Å². The maximum absolute atomic E-state index is 5.89. The van der Waals surface area contributed by atoms with Crippen molar-refractivity contribution in [2.45, 2.75) is 6.42 Å². The lowest BCUT2D eigenvalue weighted by Crippen LogP contribution is -2.06. The monoisotopic (exact) mass is 189 g/mol. The Kier molecular flexibility index (Phi) is 2.17. The molecular formula is C11H15N3. The molecule has 0 radical (unpaired) electrons. The van der Waals surface area contributed by atoms with Gasteiger partial charge in [-0.3, -0.25) is 0 Å². The molecule has 1 aromatic carbocycles. The Balaban J connectivity index is 2.67. The van der Waals surface area contributed by atoms with Gasteiger partial charge in [0.1, 0.15) is 0 Å². The molecule has 4 N–H and O–H groups in total. The van der Waals surface area contributed by atoms with E-state index in [1.54, 1.807) is 0 Å². The first-order chi connectivity index (χ1) is 6.74. The van der Waals surface area contributed by atoms with Crippen molar-refractivity contribution in [1.29, 1.82) is 0 Å². The summed E-state index contributed by atoms with van der Waals surface area (Å²) in [6.07, 6.45) is 0.893. The zero-order chi connectivity index (χ0) is 10.1. The van der Waals surface area contributed by atoms with Gasteiger partial charge in [-0.05, 0) is 31.2 Å². The molecule has 3 heteroatoms. The number of aryl methyl sites for hydroxylation is 1. The Bertz CT molecular complexity index is 457. The summed E-state index contributed by atoms with van der Waals surface area (Å²) in [7, 11) is 2.05. The first-order valence-corrected chi connectivity index (χ1v) is 4.77. The first kappa shape index (κ1) is 9.09. The number of hydrogen-bond acceptors (Lipinski definition) is 2. The van der Waals surface area contributed by atoms with Crippen molar-refractivity contribution < 1.29 is 0 Å². The Morgan fingerprint density at radius 3 is 2.79 bits per heavy atom. The van der Waals surface area contributed by atoms with Crippen LogP contribution >= 0.6 is 0 Å². The molecular weight excluding hydrogens is 174 g/mol. The molecule has 0 saturated heterocycles. The third kappa shape index (κ3) is 1.26. The molecule has 1 heterocycles. The number of nitrogens with zero attached hydrogens (tertiary/aromatic N) is 1. The zero-order valence-corrected chi connectivity index (χ0v) is 8.33. The lowest BCUT2D eigenvalue weighted by molar-refractivity contribution is 0.827. The number of hydrogen-bond donors (Lipinski definition) is 2. The minimum absolute atomic E-state index is 0.671. The van der Waals surface area contributed by atoms with E-state index in [2.05, 4.69) is 16.7 Å². The van der Waals surface area contributed by atoms with Gasteiger partial charge in [-0.25, -0.2) is 0 Å². The highest BCUT2D eigenvalue weighted by Crippen LogP contribution is 2.24. The van der Waals surface area contributed by atoms with Crippen molar-refractivity contribution in [2.75, 3.05) is 12.3 Å². The molecule has 0 amide bonds. The lowest BCUT2D eigenvalue weighted by Gasteiger charge is -2.01. The molecule has 0 unspecified atom stereocenters. The predicted octanol–water partition coefficient (Wildman–Crippen LogP) is 1.26. The highest BCUT2D eigenvalue weighted by Gasteiger charge is 2.06. The molecule has 2 rings (SSSR count). The third-order valence-electron chi connectivity index (χ3n) is 2.62. The van der Waals surface area contributed by atoms with E-state index in [-0.39, 0.29) is 0 Å². The van der Waals surface area contributed by atoms with Gasteiger partial charge in [0.2, 0.25) is 0 Å². The van der Waals surface area contributed by atoms with E-state index in [1.807, 2.05) is 19.2 Å². The average molecular weight is 189 g/mol. The van der Waals surface area contributed by atoms with Gasteiger partial charge in [0.15, 0.2) is 0 Å². The Hall–Kier alpha value is -1.48. The maximum Gasteiger partial charge on any atom is 0.0500 e. The second-order valence-electron chi connectivity index (χ2n) is 3.51. The minimum atomic E-state index is 0.671. The molecule has 74 valence electrons. The lowest BCUT2D eigenvalue weighted by atomic mass is 10.2. The average Bonchev–Trinajstić information content (AvgIpc) is 2.48. The molecule has 14 heavy (non-hydrogen) atoms. The minimum Gasteiger partial charge on any atom is -0.398 e. The van der Waals surface area contributed by atoms with E-state index >= 15 is 0 Å². The molecule has 0 bridgehead atoms. The van der Waals surface area contributed by atoms with Gasteiger partial charge >= 0.3 is 0 Å². The summed E-state index contributed by atoms with van der Waals surface area (Å²) >= 11 is 0. The van der Waals surface area contributed by atoms with Crippen LogP contribution < -0.4 is 11.5 Å². The molecule has 1 aromatic heterocycles. The second kappa shape index (κ2) is 3.35. The van der Waals surface area contributed by atoms with Crippen molar-refractivity contribution in [3.63, 3.8) is 0 Å². The summed E-state index contributed by atoms with van der Waals surface area (Å²) in [5.41, 5.74) is 14.7. The molecule has 0 aliphatic carbocycles. The number of nitrogen functional groups attached to an aromatic ring is 1. The SMILES string of the molecule is Cn1c(CCN)cc2c(N)cccc21. The fourth-order valence-corrected chi connectivity index (χ4v) is 1.83. The van der Waals surface area contributed by atoms with Crippen LogP contribution in [0.4, 0.5) is 5.69 Å². The van der Waals surface area contributed by atoms with Crippen molar-refractivity contribution in [3.05, 3.63) is 30.0 Å². The summed E-state index contributed by atoms with van der Waals surface area (Å²) in [5, 5.41) is 1.12. The quantitative estimate of drug-likeness (QED) is 0.699. The molecule has 0 fully saturated rings. The molecule has 0 saturated carbocycles. The number of nitrogens with two attached hydrogens (primary N) is 2. The van der Waals surface area contributed by atoms with Crippen LogP contribution in [0.25, 0.3) is 10.9 Å². The van der Waals surface area contributed by atoms with Crippen LogP contribution in [0.15, 0.2) is 24.3 Å². The topological polar surface area (TPSA) is 57.0 Å². The number of benzene rings is 1. The van der Waals surface area contributed by atoms with Crippen LogP contribution in [0.1, 0.15) is 5.69 Å². The van der Waals surface area contributed by atoms with E-state index in [4.69, 9.17) is 11.5 Å². The summed E-state index contributed by atoms with van der Waals surface area (Å²) in [6, 6.07) is 8.10. The van der Waals surface area contributed by atoms with Crippen LogP contribution in [0.5, 0.6) is 0 Å². The van der Waals surface area contributed by atoms with Crippen LogP contribution in [0.3, 0.4) is 0 Å². The fourth-order valence-electron chi connectivity index (χ4n) is 1.83. The zero-order valence-electron chi connectivity index (χ0n) is 8.33. The van der Waals surface area contributed by atoms with Crippen molar-refractivity contribution in [3.8, 4) is 0 Å². The summed E-state index contributed by atoms with van der Waals surface area (Å²) in [5.74, 6) is 0. The Morgan fingerprint density at radius 2 is 2.14 bits per heavy atom. The highest BCUT2D eigenvalue weighted by molar-refractivity contribution is 5.92. The number of fused-ring (bicyclic) bond motifs is 1. The predicted molar refractivity (Wildman–Crippen MR) is 60.1 cm³/mol. The van der Waals surface area contributed by atoms with Crippen molar-refractivity contribution in [2.24, 2.45) is 12.8 Å². The summed E-state index contributed by atoms with van der Waals surface area (Å²) in [4.78, 5) is 0. The molecule has 0 aliphatic rings. The van der Waals surface area contributed by atoms with E-state index < -0.39 is 0 Å². The summed E-state index contributed by atoms with van der Waals surface area (Å²) in [6.45, 7) is 0.671. The van der Waals surface area contributed by atoms with Gasteiger partial charge in [-0.2, -0.15) is 0 Å². The van der Waals surface area contributed by atoms with Gasteiger partial charge in [-0.1, -0.05) is 6.07 Å².